The van der Waals surface area contributed by atoms with Crippen LogP contribution >= 0.6 is 0 Å². The molecule has 1 atom stereocenters. The Balaban J connectivity index is 1.74. The largest absolute Gasteiger partial charge is 0.573 e. The summed E-state index contributed by atoms with van der Waals surface area (Å²) in [5, 5.41) is 0. The highest BCUT2D eigenvalue weighted by Gasteiger charge is 2.49. The van der Waals surface area contributed by atoms with Crippen molar-refractivity contribution in [3.05, 3.63) is 80.1 Å². The molecule has 0 bridgehead atoms. The summed E-state index contributed by atoms with van der Waals surface area (Å²) in [6.45, 7) is 17.2. The normalized spacial score (nSPS) is 17.3. The fraction of sp³-hybridized carbons (Fsp3) is 0.485. The molecule has 9 nitrogen and oxygen atoms in total. The predicted molar refractivity (Wildman–Crippen MR) is 170 cm³/mol. The number of rotatable bonds is 8. The first kappa shape index (κ1) is 33.4. The van der Waals surface area contributed by atoms with Crippen LogP contribution in [-0.2, 0) is 6.54 Å². The van der Waals surface area contributed by atoms with E-state index in [1.54, 1.807) is 19.9 Å². The van der Waals surface area contributed by atoms with Crippen molar-refractivity contribution < 1.29 is 31.9 Å². The number of hydrogen-bond acceptors (Lipinski definition) is 6. The first-order chi connectivity index (χ1) is 21.3. The third kappa shape index (κ3) is 5.41. The van der Waals surface area contributed by atoms with Crippen molar-refractivity contribution >= 4 is 14.1 Å². The number of alkyl halides is 3. The van der Waals surface area contributed by atoms with Gasteiger partial charge < -0.3 is 13.9 Å². The van der Waals surface area contributed by atoms with Gasteiger partial charge in [-0.2, -0.15) is 0 Å². The lowest BCUT2D eigenvalue weighted by Crippen LogP contribution is -2.51. The van der Waals surface area contributed by atoms with E-state index in [9.17, 15) is 27.6 Å². The fourth-order valence-corrected chi connectivity index (χ4v) is 12.5. The maximum atomic E-state index is 14.1. The lowest BCUT2D eigenvalue weighted by atomic mass is 9.83. The van der Waals surface area contributed by atoms with Gasteiger partial charge in [-0.3, -0.25) is 4.79 Å². The van der Waals surface area contributed by atoms with E-state index in [2.05, 4.69) is 4.74 Å². The maximum absolute atomic E-state index is 14.1. The van der Waals surface area contributed by atoms with Crippen LogP contribution in [-0.4, -0.2) is 40.0 Å². The van der Waals surface area contributed by atoms with E-state index in [0.717, 1.165) is 4.57 Å². The van der Waals surface area contributed by atoms with Crippen LogP contribution < -0.4 is 25.3 Å². The van der Waals surface area contributed by atoms with Crippen LogP contribution in [0.1, 0.15) is 84.3 Å². The van der Waals surface area contributed by atoms with E-state index < -0.39 is 43.5 Å². The van der Waals surface area contributed by atoms with E-state index in [1.807, 2.05) is 41.5 Å². The molecule has 2 aromatic carbocycles. The minimum absolute atomic E-state index is 0.0406. The summed E-state index contributed by atoms with van der Waals surface area (Å²) in [7, 11) is -2.75. The summed E-state index contributed by atoms with van der Waals surface area (Å²) in [4.78, 5) is 39.5. The second kappa shape index (κ2) is 11.4. The van der Waals surface area contributed by atoms with Gasteiger partial charge in [0.1, 0.15) is 17.4 Å². The van der Waals surface area contributed by atoms with Crippen molar-refractivity contribution in [3.8, 4) is 22.9 Å². The van der Waals surface area contributed by atoms with Gasteiger partial charge in [0.05, 0.1) is 12.2 Å². The highest BCUT2D eigenvalue weighted by Crippen LogP contribution is 2.52. The summed E-state index contributed by atoms with van der Waals surface area (Å²) in [5.41, 5.74) is -0.630. The van der Waals surface area contributed by atoms with E-state index in [-0.39, 0.29) is 51.7 Å². The molecule has 0 N–H and O–H groups in total. The van der Waals surface area contributed by atoms with Gasteiger partial charge in [-0.15, -0.1) is 13.2 Å². The number of fused-ring (bicyclic) bond motifs is 5. The SMILES string of the molecule is CC(=O)c1ccc(-n2c(=O)n3n(c2=O)C2C(=CC3)C(C)(C)Oc3cc(O[Si](C(C)C)(C(C)C)C(C)C)c(OC(F)(F)F)cc32)cc1. The van der Waals surface area contributed by atoms with Gasteiger partial charge >= 0.3 is 17.7 Å². The Morgan fingerprint density at radius 2 is 1.54 bits per heavy atom. The number of carbonyl (C=O) groups is 1. The Morgan fingerprint density at radius 3 is 2.07 bits per heavy atom. The second-order valence-electron chi connectivity index (χ2n) is 13.4. The van der Waals surface area contributed by atoms with Crippen LogP contribution in [0.4, 0.5) is 13.2 Å². The Labute approximate surface area is 266 Å². The number of aromatic nitrogens is 3. The standard InChI is InChI=1S/C33H40F3N3O6Si/c1-18(2)46(19(3)4,20(5)6)45-28-17-26-24(16-27(28)44-33(34,35)36)29-25(32(8,9)43-26)14-15-37-30(41)38(31(42)39(29)37)23-12-10-22(11-13-23)21(7)40/h10-14,16-20,29H,15H2,1-9H3. The number of nitrogens with zero attached hydrogens (tertiary/aromatic N) is 3. The van der Waals surface area contributed by atoms with Crippen molar-refractivity contribution in [2.24, 2.45) is 0 Å². The van der Waals surface area contributed by atoms with Crippen molar-refractivity contribution in [1.82, 2.24) is 13.9 Å². The monoisotopic (exact) mass is 659 g/mol. The molecule has 3 aromatic rings. The van der Waals surface area contributed by atoms with Crippen LogP contribution in [0.3, 0.4) is 0 Å². The van der Waals surface area contributed by atoms with Crippen molar-refractivity contribution in [2.75, 3.05) is 0 Å². The number of halogens is 3. The number of ether oxygens (including phenoxy) is 2. The molecular weight excluding hydrogens is 619 g/mol. The number of Topliss-reactive ketones (excluding diaryl/α,β-unsaturated/α-hetero) is 1. The molecule has 0 fully saturated rings. The van der Waals surface area contributed by atoms with Gasteiger partial charge in [0.15, 0.2) is 17.3 Å². The summed E-state index contributed by atoms with van der Waals surface area (Å²) in [6, 6.07) is 7.75. The van der Waals surface area contributed by atoms with Crippen LogP contribution in [0.25, 0.3) is 5.69 Å². The topological polar surface area (TPSA) is 93.7 Å². The van der Waals surface area contributed by atoms with Gasteiger partial charge in [-0.1, -0.05) is 47.6 Å². The molecule has 0 radical (unpaired) electrons. The molecule has 2 aliphatic rings. The van der Waals surface area contributed by atoms with Gasteiger partial charge in [0.2, 0.25) is 0 Å². The molecular formula is C33H40F3N3O6Si. The van der Waals surface area contributed by atoms with Gasteiger partial charge in [0, 0.05) is 17.2 Å². The lowest BCUT2D eigenvalue weighted by molar-refractivity contribution is -0.275. The van der Waals surface area contributed by atoms with Crippen LogP contribution in [0.2, 0.25) is 16.6 Å². The first-order valence-corrected chi connectivity index (χ1v) is 17.5. The molecule has 248 valence electrons. The third-order valence-corrected chi connectivity index (χ3v) is 15.3. The van der Waals surface area contributed by atoms with Crippen LogP contribution in [0.15, 0.2) is 57.6 Å². The highest BCUT2D eigenvalue weighted by atomic mass is 28.4. The zero-order chi connectivity index (χ0) is 34.1. The minimum Gasteiger partial charge on any atom is -0.540 e. The molecule has 1 aromatic heterocycles. The number of allylic oxidation sites excluding steroid dienone is 1. The maximum Gasteiger partial charge on any atom is 0.573 e. The van der Waals surface area contributed by atoms with Crippen LogP contribution in [0, 0.1) is 0 Å². The summed E-state index contributed by atoms with van der Waals surface area (Å²) >= 11 is 0. The Hall–Kier alpha value is -4.00. The van der Waals surface area contributed by atoms with Crippen molar-refractivity contribution in [3.63, 3.8) is 0 Å². The quantitative estimate of drug-likeness (QED) is 0.145. The highest BCUT2D eigenvalue weighted by molar-refractivity contribution is 6.78. The van der Waals surface area contributed by atoms with E-state index in [0.29, 0.717) is 11.1 Å². The summed E-state index contributed by atoms with van der Waals surface area (Å²) < 4.78 is 62.9. The predicted octanol–water partition coefficient (Wildman–Crippen LogP) is 7.16. The Morgan fingerprint density at radius 1 is 0.957 bits per heavy atom. The molecule has 0 aliphatic carbocycles. The van der Waals surface area contributed by atoms with Crippen molar-refractivity contribution in [2.45, 2.75) is 103 Å². The summed E-state index contributed by atoms with van der Waals surface area (Å²) in [5.74, 6) is -0.565. The third-order valence-electron chi connectivity index (χ3n) is 9.27. The second-order valence-corrected chi connectivity index (χ2v) is 18.8. The average molecular weight is 660 g/mol. The molecule has 13 heteroatoms. The molecule has 46 heavy (non-hydrogen) atoms. The zero-order valence-corrected chi connectivity index (χ0v) is 28.5. The minimum atomic E-state index is -5.03. The van der Waals surface area contributed by atoms with Crippen LogP contribution in [0.5, 0.6) is 17.2 Å². The summed E-state index contributed by atoms with van der Waals surface area (Å²) in [6.07, 6.45) is -3.26. The Kier molecular flexibility index (Phi) is 8.24. The molecule has 2 aliphatic heterocycles. The molecule has 0 saturated heterocycles. The molecule has 0 spiro atoms. The number of carbonyl (C=O) groups excluding carboxylic acids is 1. The molecule has 5 rings (SSSR count). The molecule has 1 unspecified atom stereocenters. The number of ketones is 1. The smallest absolute Gasteiger partial charge is 0.540 e. The Bertz CT molecular complexity index is 1810. The van der Waals surface area contributed by atoms with E-state index in [4.69, 9.17) is 9.16 Å². The van der Waals surface area contributed by atoms with Crippen molar-refractivity contribution in [1.29, 1.82) is 0 Å². The first-order valence-electron chi connectivity index (χ1n) is 15.4. The molecule has 0 saturated carbocycles. The molecule has 3 heterocycles. The van der Waals surface area contributed by atoms with E-state index >= 15 is 0 Å². The zero-order valence-electron chi connectivity index (χ0n) is 27.5. The van der Waals surface area contributed by atoms with Gasteiger partial charge in [-0.05, 0) is 73.3 Å². The van der Waals surface area contributed by atoms with Gasteiger partial charge in [-0.25, -0.2) is 23.5 Å². The fourth-order valence-electron chi connectivity index (χ4n) is 7.30. The number of hydrogen-bond donors (Lipinski definition) is 0. The molecule has 0 amide bonds. The lowest BCUT2D eigenvalue weighted by Gasteiger charge is -2.44. The average Bonchev–Trinajstić information content (AvgIpc) is 3.20. The van der Waals surface area contributed by atoms with Gasteiger partial charge in [0.25, 0.3) is 8.32 Å². The number of benzene rings is 2. The van der Waals surface area contributed by atoms with E-state index in [1.165, 1.54) is 52.7 Å².